The summed E-state index contributed by atoms with van der Waals surface area (Å²) < 4.78 is 13.7. The third-order valence-electron chi connectivity index (χ3n) is 2.77. The molecule has 0 aliphatic rings. The highest BCUT2D eigenvalue weighted by atomic mass is 35.5. The quantitative estimate of drug-likeness (QED) is 0.838. The fourth-order valence-electron chi connectivity index (χ4n) is 1.80. The number of aliphatic hydroxyl groups excluding tert-OH is 1. The maximum atomic E-state index is 13.7. The lowest BCUT2D eigenvalue weighted by Crippen LogP contribution is -2.04. The van der Waals surface area contributed by atoms with Crippen LogP contribution in [0.15, 0.2) is 36.4 Å². The summed E-state index contributed by atoms with van der Waals surface area (Å²) in [5, 5.41) is 11.0. The van der Waals surface area contributed by atoms with Crippen molar-refractivity contribution in [3.05, 3.63) is 68.4 Å². The highest BCUT2D eigenvalue weighted by Crippen LogP contribution is 2.29. The molecule has 0 spiro atoms. The van der Waals surface area contributed by atoms with Crippen LogP contribution in [0, 0.1) is 5.82 Å². The predicted octanol–water partition coefficient (Wildman–Crippen LogP) is 5.06. The molecule has 0 radical (unpaired) electrons. The summed E-state index contributed by atoms with van der Waals surface area (Å²) in [5.74, 6) is -0.520. The summed E-state index contributed by atoms with van der Waals surface area (Å²) in [6, 6.07) is 9.46. The minimum Gasteiger partial charge on any atom is -0.388 e. The van der Waals surface area contributed by atoms with Crippen molar-refractivity contribution < 1.29 is 9.50 Å². The highest BCUT2D eigenvalue weighted by Gasteiger charge is 2.16. The number of hydrogen-bond acceptors (Lipinski definition) is 1. The van der Waals surface area contributed by atoms with Crippen LogP contribution in [0.4, 0.5) is 4.39 Å². The van der Waals surface area contributed by atoms with Crippen molar-refractivity contribution in [3.63, 3.8) is 0 Å². The average molecular weight is 320 g/mol. The second-order valence-electron chi connectivity index (χ2n) is 4.10. The van der Waals surface area contributed by atoms with Gasteiger partial charge in [0.25, 0.3) is 0 Å². The first-order valence-electron chi connectivity index (χ1n) is 5.55. The molecular weight excluding hydrogens is 310 g/mol. The number of rotatable bonds is 3. The molecule has 2 rings (SSSR count). The van der Waals surface area contributed by atoms with E-state index in [4.69, 9.17) is 34.8 Å². The van der Waals surface area contributed by atoms with Crippen LogP contribution in [0.3, 0.4) is 0 Å². The van der Waals surface area contributed by atoms with Crippen molar-refractivity contribution in [2.75, 3.05) is 0 Å². The van der Waals surface area contributed by atoms with Crippen molar-refractivity contribution in [2.45, 2.75) is 12.5 Å². The lowest BCUT2D eigenvalue weighted by Gasteiger charge is -2.14. The van der Waals surface area contributed by atoms with E-state index in [2.05, 4.69) is 0 Å². The van der Waals surface area contributed by atoms with Gasteiger partial charge in [-0.05, 0) is 29.3 Å². The summed E-state index contributed by atoms with van der Waals surface area (Å²) in [6.45, 7) is 0. The third-order valence-corrected chi connectivity index (χ3v) is 3.62. The normalized spacial score (nSPS) is 12.5. The minimum atomic E-state index is -0.919. The maximum absolute atomic E-state index is 13.7. The van der Waals surface area contributed by atoms with Crippen molar-refractivity contribution in [1.29, 1.82) is 0 Å². The molecule has 100 valence electrons. The number of benzene rings is 2. The second-order valence-corrected chi connectivity index (χ2v) is 5.35. The van der Waals surface area contributed by atoms with Crippen molar-refractivity contribution >= 4 is 34.8 Å². The molecule has 0 aliphatic heterocycles. The van der Waals surface area contributed by atoms with E-state index in [0.717, 1.165) is 0 Å². The Kier molecular flexibility index (Phi) is 4.69. The molecular formula is C14H10Cl3FO. The number of hydrogen-bond donors (Lipinski definition) is 1. The van der Waals surface area contributed by atoms with E-state index in [1.165, 1.54) is 12.1 Å². The van der Waals surface area contributed by atoms with Gasteiger partial charge in [-0.25, -0.2) is 4.39 Å². The van der Waals surface area contributed by atoms with E-state index in [0.29, 0.717) is 21.2 Å². The zero-order chi connectivity index (χ0) is 14.0. The summed E-state index contributed by atoms with van der Waals surface area (Å²) in [6.07, 6.45) is -0.828. The van der Waals surface area contributed by atoms with E-state index >= 15 is 0 Å². The Hall–Kier alpha value is -0.800. The molecule has 2 aromatic carbocycles. The molecule has 1 atom stereocenters. The molecule has 0 aromatic heterocycles. The molecule has 0 heterocycles. The van der Waals surface area contributed by atoms with Crippen LogP contribution in [-0.4, -0.2) is 5.11 Å². The van der Waals surface area contributed by atoms with E-state index in [1.54, 1.807) is 24.3 Å². The summed E-state index contributed by atoms with van der Waals surface area (Å²) in [7, 11) is 0. The zero-order valence-electron chi connectivity index (χ0n) is 9.71. The molecule has 19 heavy (non-hydrogen) atoms. The first-order chi connectivity index (χ1) is 8.99. The zero-order valence-corrected chi connectivity index (χ0v) is 12.0. The van der Waals surface area contributed by atoms with Crippen molar-refractivity contribution in [3.8, 4) is 0 Å². The Labute approximate surface area is 125 Å². The van der Waals surface area contributed by atoms with Gasteiger partial charge in [0.2, 0.25) is 0 Å². The maximum Gasteiger partial charge on any atom is 0.145 e. The highest BCUT2D eigenvalue weighted by molar-refractivity contribution is 6.35. The first kappa shape index (κ1) is 14.6. The standard InChI is InChI=1S/C14H10Cl3FO/c15-9-4-5-10(12(17)7-9)13(19)6-8-2-1-3-11(16)14(8)18/h1-5,7,13,19H,6H2. The largest absolute Gasteiger partial charge is 0.388 e. The van der Waals surface area contributed by atoms with Gasteiger partial charge in [0.15, 0.2) is 0 Å². The number of aliphatic hydroxyl groups is 1. The molecule has 0 saturated heterocycles. The lowest BCUT2D eigenvalue weighted by molar-refractivity contribution is 0.177. The lowest BCUT2D eigenvalue weighted by atomic mass is 10.0. The van der Waals surface area contributed by atoms with Crippen LogP contribution in [0.5, 0.6) is 0 Å². The summed E-state index contributed by atoms with van der Waals surface area (Å²) in [4.78, 5) is 0. The SMILES string of the molecule is OC(Cc1cccc(Cl)c1F)c1ccc(Cl)cc1Cl. The molecule has 2 aromatic rings. The Morgan fingerprint density at radius 2 is 1.79 bits per heavy atom. The van der Waals surface area contributed by atoms with Gasteiger partial charge >= 0.3 is 0 Å². The Morgan fingerprint density at radius 3 is 2.47 bits per heavy atom. The molecule has 0 fully saturated rings. The van der Waals surface area contributed by atoms with Crippen LogP contribution in [0.2, 0.25) is 15.1 Å². The summed E-state index contributed by atoms with van der Waals surface area (Å²) >= 11 is 17.5. The molecule has 5 heteroatoms. The van der Waals surface area contributed by atoms with E-state index in [1.807, 2.05) is 0 Å². The number of halogens is 4. The summed E-state index contributed by atoms with van der Waals surface area (Å²) in [5.41, 5.74) is 0.844. The van der Waals surface area contributed by atoms with Crippen LogP contribution in [0.25, 0.3) is 0 Å². The molecule has 1 nitrogen and oxygen atoms in total. The van der Waals surface area contributed by atoms with Crippen LogP contribution >= 0.6 is 34.8 Å². The Bertz CT molecular complexity index is 601. The van der Waals surface area contributed by atoms with Crippen LogP contribution in [-0.2, 0) is 6.42 Å². The van der Waals surface area contributed by atoms with Gasteiger partial charge in [-0.3, -0.25) is 0 Å². The van der Waals surface area contributed by atoms with E-state index in [-0.39, 0.29) is 11.4 Å². The fraction of sp³-hybridized carbons (Fsp3) is 0.143. The fourth-order valence-corrected chi connectivity index (χ4v) is 2.52. The predicted molar refractivity (Wildman–Crippen MR) is 76.5 cm³/mol. The molecule has 1 unspecified atom stereocenters. The Balaban J connectivity index is 2.25. The molecule has 0 amide bonds. The van der Waals surface area contributed by atoms with Gasteiger partial charge in [-0.1, -0.05) is 53.0 Å². The average Bonchev–Trinajstić information content (AvgIpc) is 2.34. The Morgan fingerprint density at radius 1 is 1.05 bits per heavy atom. The van der Waals surface area contributed by atoms with Gasteiger partial charge in [-0.2, -0.15) is 0 Å². The molecule has 0 bridgehead atoms. The van der Waals surface area contributed by atoms with Crippen molar-refractivity contribution in [1.82, 2.24) is 0 Å². The van der Waals surface area contributed by atoms with Gasteiger partial charge in [0.1, 0.15) is 5.82 Å². The van der Waals surface area contributed by atoms with Gasteiger partial charge in [0, 0.05) is 16.5 Å². The van der Waals surface area contributed by atoms with Gasteiger partial charge in [-0.15, -0.1) is 0 Å². The van der Waals surface area contributed by atoms with Crippen LogP contribution in [0.1, 0.15) is 17.2 Å². The van der Waals surface area contributed by atoms with E-state index < -0.39 is 11.9 Å². The van der Waals surface area contributed by atoms with Crippen LogP contribution < -0.4 is 0 Å². The van der Waals surface area contributed by atoms with Crippen molar-refractivity contribution in [2.24, 2.45) is 0 Å². The molecule has 0 saturated carbocycles. The van der Waals surface area contributed by atoms with E-state index in [9.17, 15) is 9.50 Å². The molecule has 1 N–H and O–H groups in total. The minimum absolute atomic E-state index is 0.0342. The monoisotopic (exact) mass is 318 g/mol. The third kappa shape index (κ3) is 3.40. The smallest absolute Gasteiger partial charge is 0.145 e. The molecule has 0 aliphatic carbocycles. The first-order valence-corrected chi connectivity index (χ1v) is 6.68. The van der Waals surface area contributed by atoms with Gasteiger partial charge < -0.3 is 5.11 Å². The topological polar surface area (TPSA) is 20.2 Å². The second kappa shape index (κ2) is 6.10. The van der Waals surface area contributed by atoms with Gasteiger partial charge in [0.05, 0.1) is 11.1 Å².